The second kappa shape index (κ2) is 13.2. The van der Waals surface area contributed by atoms with E-state index in [0.717, 1.165) is 16.1 Å². The number of carbonyl (C=O) groups is 2. The zero-order valence-electron chi connectivity index (χ0n) is 22.5. The third-order valence-electron chi connectivity index (χ3n) is 5.70. The van der Waals surface area contributed by atoms with Gasteiger partial charge >= 0.3 is 0 Å². The Kier molecular flexibility index (Phi) is 10.6. The van der Waals surface area contributed by atoms with Crippen molar-refractivity contribution in [1.82, 2.24) is 10.2 Å². The number of rotatable bonds is 13. The zero-order valence-corrected chi connectivity index (χ0v) is 23.3. The van der Waals surface area contributed by atoms with Crippen LogP contribution in [0.1, 0.15) is 26.3 Å². The SMILES string of the molecule is COc1ccc(CN(C(=O)CN(c2ccc(OC)cc2OC)S(C)(=O)=O)C(C)C(=O)NCC(C)C)cc1. The Hall–Kier alpha value is -3.47. The molecule has 0 bridgehead atoms. The van der Waals surface area contributed by atoms with Gasteiger partial charge in [-0.3, -0.25) is 13.9 Å². The number of ether oxygens (including phenoxy) is 3. The van der Waals surface area contributed by atoms with Gasteiger partial charge in [-0.05, 0) is 42.7 Å². The maximum absolute atomic E-state index is 13.7. The van der Waals surface area contributed by atoms with Crippen LogP contribution in [0.3, 0.4) is 0 Å². The Morgan fingerprint density at radius 3 is 2.03 bits per heavy atom. The van der Waals surface area contributed by atoms with Crippen LogP contribution < -0.4 is 23.8 Å². The summed E-state index contributed by atoms with van der Waals surface area (Å²) in [5.74, 6) is 0.693. The van der Waals surface area contributed by atoms with E-state index in [1.807, 2.05) is 13.8 Å². The fourth-order valence-electron chi connectivity index (χ4n) is 3.55. The molecule has 1 atom stereocenters. The highest BCUT2D eigenvalue weighted by Crippen LogP contribution is 2.33. The second-order valence-electron chi connectivity index (χ2n) is 8.99. The first-order valence-corrected chi connectivity index (χ1v) is 13.7. The van der Waals surface area contributed by atoms with E-state index in [4.69, 9.17) is 14.2 Å². The number of methoxy groups -OCH3 is 3. The molecule has 0 aliphatic heterocycles. The molecule has 0 heterocycles. The smallest absolute Gasteiger partial charge is 0.244 e. The molecule has 0 saturated carbocycles. The fraction of sp³-hybridized carbons (Fsp3) is 0.462. The molecule has 2 amide bonds. The number of amides is 2. The van der Waals surface area contributed by atoms with Crippen molar-refractivity contribution in [3.63, 3.8) is 0 Å². The molecule has 0 aliphatic carbocycles. The number of hydrogen-bond acceptors (Lipinski definition) is 7. The van der Waals surface area contributed by atoms with Crippen LogP contribution in [0.5, 0.6) is 17.2 Å². The Balaban J connectivity index is 2.43. The molecule has 1 N–H and O–H groups in total. The number of sulfonamides is 1. The summed E-state index contributed by atoms with van der Waals surface area (Å²) >= 11 is 0. The maximum Gasteiger partial charge on any atom is 0.244 e. The number of nitrogens with zero attached hydrogens (tertiary/aromatic N) is 2. The van der Waals surface area contributed by atoms with E-state index in [0.29, 0.717) is 18.0 Å². The fourth-order valence-corrected chi connectivity index (χ4v) is 4.40. The molecule has 0 aromatic heterocycles. The van der Waals surface area contributed by atoms with Gasteiger partial charge in [-0.15, -0.1) is 0 Å². The number of anilines is 1. The van der Waals surface area contributed by atoms with Crippen LogP contribution in [-0.2, 0) is 26.2 Å². The zero-order chi connectivity index (χ0) is 27.8. The van der Waals surface area contributed by atoms with E-state index in [2.05, 4.69) is 5.32 Å². The summed E-state index contributed by atoms with van der Waals surface area (Å²) in [5.41, 5.74) is 0.936. The average molecular weight is 536 g/mol. The molecule has 10 nitrogen and oxygen atoms in total. The summed E-state index contributed by atoms with van der Waals surface area (Å²) in [5, 5.41) is 2.85. The molecule has 204 valence electrons. The molecular weight excluding hydrogens is 498 g/mol. The summed E-state index contributed by atoms with van der Waals surface area (Å²) < 4.78 is 42.3. The second-order valence-corrected chi connectivity index (χ2v) is 10.9. The highest BCUT2D eigenvalue weighted by Gasteiger charge is 2.31. The van der Waals surface area contributed by atoms with Crippen LogP contribution in [0.2, 0.25) is 0 Å². The van der Waals surface area contributed by atoms with Gasteiger partial charge in [-0.25, -0.2) is 8.42 Å². The van der Waals surface area contributed by atoms with Gasteiger partial charge in [0.25, 0.3) is 0 Å². The molecule has 11 heteroatoms. The standard InChI is InChI=1S/C26H37N3O7S/c1-18(2)15-27-26(31)19(3)28(16-20-8-10-21(34-4)11-9-20)25(30)17-29(37(7,32)33)23-13-12-22(35-5)14-24(23)36-6/h8-14,18-19H,15-17H2,1-7H3,(H,27,31). The largest absolute Gasteiger partial charge is 0.497 e. The number of benzene rings is 2. The van der Waals surface area contributed by atoms with Crippen LogP contribution in [0.25, 0.3) is 0 Å². The quantitative estimate of drug-likeness (QED) is 0.419. The third-order valence-corrected chi connectivity index (χ3v) is 6.83. The third kappa shape index (κ3) is 8.28. The van der Waals surface area contributed by atoms with Crippen molar-refractivity contribution in [1.29, 1.82) is 0 Å². The molecule has 0 fully saturated rings. The van der Waals surface area contributed by atoms with E-state index in [1.54, 1.807) is 44.4 Å². The molecule has 0 aliphatic rings. The van der Waals surface area contributed by atoms with Gasteiger partial charge in [-0.1, -0.05) is 26.0 Å². The van der Waals surface area contributed by atoms with Crippen molar-refractivity contribution in [3.05, 3.63) is 48.0 Å². The minimum Gasteiger partial charge on any atom is -0.497 e. The molecular formula is C26H37N3O7S. The van der Waals surface area contributed by atoms with E-state index >= 15 is 0 Å². The van der Waals surface area contributed by atoms with Gasteiger partial charge in [0.2, 0.25) is 21.8 Å². The first-order chi connectivity index (χ1) is 17.4. The first-order valence-electron chi connectivity index (χ1n) is 11.8. The lowest BCUT2D eigenvalue weighted by Gasteiger charge is -2.32. The van der Waals surface area contributed by atoms with Gasteiger partial charge in [0.05, 0.1) is 33.3 Å². The topological polar surface area (TPSA) is 114 Å². The lowest BCUT2D eigenvalue weighted by Crippen LogP contribution is -2.51. The predicted octanol–water partition coefficient (Wildman–Crippen LogP) is 2.67. The van der Waals surface area contributed by atoms with Gasteiger partial charge in [-0.2, -0.15) is 0 Å². The highest BCUT2D eigenvalue weighted by atomic mass is 32.2. The van der Waals surface area contributed by atoms with Crippen molar-refractivity contribution in [3.8, 4) is 17.2 Å². The Morgan fingerprint density at radius 2 is 1.51 bits per heavy atom. The number of nitrogens with one attached hydrogen (secondary N) is 1. The molecule has 37 heavy (non-hydrogen) atoms. The lowest BCUT2D eigenvalue weighted by atomic mass is 10.1. The molecule has 2 rings (SSSR count). The Morgan fingerprint density at radius 1 is 0.919 bits per heavy atom. The summed E-state index contributed by atoms with van der Waals surface area (Å²) in [6, 6.07) is 10.9. The number of hydrogen-bond donors (Lipinski definition) is 1. The van der Waals surface area contributed by atoms with Crippen molar-refractivity contribution in [2.75, 3.05) is 45.0 Å². The van der Waals surface area contributed by atoms with Crippen molar-refractivity contribution < 1.29 is 32.2 Å². The summed E-state index contributed by atoms with van der Waals surface area (Å²) in [4.78, 5) is 27.9. The van der Waals surface area contributed by atoms with Crippen LogP contribution in [-0.4, -0.2) is 71.8 Å². The van der Waals surface area contributed by atoms with E-state index in [-0.39, 0.29) is 29.8 Å². The summed E-state index contributed by atoms with van der Waals surface area (Å²) in [7, 11) is 0.536. The van der Waals surface area contributed by atoms with Gasteiger partial charge < -0.3 is 24.4 Å². The van der Waals surface area contributed by atoms with Gasteiger partial charge in [0, 0.05) is 19.2 Å². The van der Waals surface area contributed by atoms with E-state index < -0.39 is 28.5 Å². The molecule has 1 unspecified atom stereocenters. The highest BCUT2D eigenvalue weighted by molar-refractivity contribution is 7.92. The van der Waals surface area contributed by atoms with Crippen molar-refractivity contribution in [2.24, 2.45) is 5.92 Å². The number of carbonyl (C=O) groups excluding carboxylic acids is 2. The molecule has 0 spiro atoms. The van der Waals surface area contributed by atoms with Crippen molar-refractivity contribution >= 4 is 27.5 Å². The van der Waals surface area contributed by atoms with E-state index in [1.165, 1.54) is 31.3 Å². The van der Waals surface area contributed by atoms with Gasteiger partial charge in [0.15, 0.2) is 0 Å². The summed E-state index contributed by atoms with van der Waals surface area (Å²) in [6.45, 7) is 5.58. The normalized spacial score (nSPS) is 12.0. The monoisotopic (exact) mass is 535 g/mol. The van der Waals surface area contributed by atoms with Crippen LogP contribution in [0.15, 0.2) is 42.5 Å². The van der Waals surface area contributed by atoms with Crippen molar-refractivity contribution in [2.45, 2.75) is 33.4 Å². The lowest BCUT2D eigenvalue weighted by molar-refractivity contribution is -0.139. The van der Waals surface area contributed by atoms with Crippen LogP contribution >= 0.6 is 0 Å². The Bertz CT molecular complexity index is 1170. The summed E-state index contributed by atoms with van der Waals surface area (Å²) in [6.07, 6.45) is 1.01. The Labute approximate surface area is 219 Å². The minimum atomic E-state index is -3.90. The molecule has 2 aromatic carbocycles. The predicted molar refractivity (Wildman–Crippen MR) is 143 cm³/mol. The van der Waals surface area contributed by atoms with Gasteiger partial charge in [0.1, 0.15) is 29.8 Å². The molecule has 2 aromatic rings. The average Bonchev–Trinajstić information content (AvgIpc) is 2.87. The van der Waals surface area contributed by atoms with E-state index in [9.17, 15) is 18.0 Å². The molecule has 0 saturated heterocycles. The first kappa shape index (κ1) is 29.8. The molecule has 0 radical (unpaired) electrons. The van der Waals surface area contributed by atoms with Crippen LogP contribution in [0.4, 0.5) is 5.69 Å². The maximum atomic E-state index is 13.7. The van der Waals surface area contributed by atoms with Crippen LogP contribution in [0, 0.1) is 5.92 Å². The minimum absolute atomic E-state index is 0.0937.